The molecule has 30 heavy (non-hydrogen) atoms. The van der Waals surface area contributed by atoms with Gasteiger partial charge < -0.3 is 0 Å². The number of rotatable bonds is 6. The molecule has 0 radical (unpaired) electrons. The molecule has 0 bridgehead atoms. The number of hydrogen-bond acceptors (Lipinski definition) is 9. The summed E-state index contributed by atoms with van der Waals surface area (Å²) in [6.45, 7) is 7.78. The molecule has 4 heterocycles. The van der Waals surface area contributed by atoms with E-state index in [0.717, 1.165) is 12.7 Å². The molecule has 0 aromatic carbocycles. The van der Waals surface area contributed by atoms with Crippen molar-refractivity contribution in [2.45, 2.75) is 82.0 Å². The second-order valence-electron chi connectivity index (χ2n) is 8.97. The Morgan fingerprint density at radius 1 is 1.33 bits per heavy atom. The van der Waals surface area contributed by atoms with Crippen LogP contribution < -0.4 is 10.5 Å². The van der Waals surface area contributed by atoms with Gasteiger partial charge in [0.1, 0.15) is 0 Å². The van der Waals surface area contributed by atoms with E-state index in [4.69, 9.17) is 15.0 Å². The van der Waals surface area contributed by atoms with Gasteiger partial charge in [-0.3, -0.25) is 0 Å². The van der Waals surface area contributed by atoms with Crippen LogP contribution in [-0.2, 0) is 9.26 Å². The first kappa shape index (κ1) is 21.6. The molecule has 0 amide bonds. The first-order valence-electron chi connectivity index (χ1n) is 10.2. The molecule has 0 saturated carbocycles. The summed E-state index contributed by atoms with van der Waals surface area (Å²) in [5.41, 5.74) is 6.03. The molecule has 2 aromatic rings. The topological polar surface area (TPSA) is 160 Å². The number of aromatic nitrogens is 4. The first-order valence-corrected chi connectivity index (χ1v) is 12.2. The molecule has 2 aromatic heterocycles. The van der Waals surface area contributed by atoms with E-state index >= 15 is 0 Å². The minimum absolute atomic E-state index is 0.0000950. The monoisotopic (exact) mass is 444 g/mol. The summed E-state index contributed by atoms with van der Waals surface area (Å²) in [6, 6.07) is 0. The number of nitrogens with two attached hydrogens (primary N) is 1. The quantitative estimate of drug-likeness (QED) is 0.236. The van der Waals surface area contributed by atoms with Crippen molar-refractivity contribution in [1.29, 1.82) is 0 Å². The molecule has 0 aliphatic carbocycles. The van der Waals surface area contributed by atoms with Gasteiger partial charge in [-0.05, 0) is 0 Å². The standard InChI is InChI=1S/C18H30N5O6P/c1-5-11-9(2)30(11,27)29-18(3,4)6-10-13(24)14(25)17(28-10)22-7-20-12-15(19)23(26)8-21-16(12)22/h7-11,13-14,17,19,24-27,30H,5-6H2,1-4H3/p+1/t9?,10-,11?,13-,14-,17?/m1/s1. The van der Waals surface area contributed by atoms with E-state index in [9.17, 15) is 20.3 Å². The van der Waals surface area contributed by atoms with Crippen molar-refractivity contribution < 1.29 is 34.3 Å². The minimum atomic E-state index is -2.77. The zero-order valence-corrected chi connectivity index (χ0v) is 18.5. The Bertz CT molecular complexity index is 957. The van der Waals surface area contributed by atoms with Crippen molar-refractivity contribution in [3.05, 3.63) is 12.7 Å². The summed E-state index contributed by atoms with van der Waals surface area (Å²) in [6.07, 6.45) is -0.352. The average Bonchev–Trinajstić information content (AvgIpc) is 2.98. The van der Waals surface area contributed by atoms with Crippen LogP contribution in [0.2, 0.25) is 0 Å². The summed E-state index contributed by atoms with van der Waals surface area (Å²) >= 11 is 0. The Kier molecular flexibility index (Phi) is 5.20. The Balaban J connectivity index is 1.52. The summed E-state index contributed by atoms with van der Waals surface area (Å²) in [5, 5.41) is 30.9. The summed E-state index contributed by atoms with van der Waals surface area (Å²) in [5.74, 6) is 0.0000950. The SMILES string of the molecule is CCC1C(C)[PH]1(O)OC(C)(C)C[C@H]1OC(n2cnc3c(N)[n+](O)cnc32)[C@H](O)[C@@H]1O. The second-order valence-corrected chi connectivity index (χ2v) is 12.3. The van der Waals surface area contributed by atoms with Crippen LogP contribution in [0.5, 0.6) is 0 Å². The van der Waals surface area contributed by atoms with E-state index in [-0.39, 0.29) is 22.7 Å². The second kappa shape index (κ2) is 7.22. The van der Waals surface area contributed by atoms with Crippen LogP contribution in [0, 0.1) is 0 Å². The van der Waals surface area contributed by atoms with Crippen LogP contribution in [0.15, 0.2) is 12.7 Å². The van der Waals surface area contributed by atoms with Crippen LogP contribution in [0.3, 0.4) is 0 Å². The van der Waals surface area contributed by atoms with Gasteiger partial charge in [-0.1, -0.05) is 0 Å². The predicted octanol–water partition coefficient (Wildman–Crippen LogP) is 0.0957. The van der Waals surface area contributed by atoms with Gasteiger partial charge in [0.05, 0.1) is 0 Å². The molecular weight excluding hydrogens is 413 g/mol. The maximum absolute atomic E-state index is 10.9. The molecule has 6 N–H and O–H groups in total. The van der Waals surface area contributed by atoms with Crippen molar-refractivity contribution in [2.75, 3.05) is 5.73 Å². The Morgan fingerprint density at radius 2 is 2.03 bits per heavy atom. The van der Waals surface area contributed by atoms with Crippen molar-refractivity contribution in [1.82, 2.24) is 14.5 Å². The molecule has 3 unspecified atom stereocenters. The molecule has 4 rings (SSSR count). The number of aliphatic hydroxyl groups excluding tert-OH is 2. The number of nitrogen functional groups attached to an aromatic ring is 1. The number of fused-ring (bicyclic) bond motifs is 1. The van der Waals surface area contributed by atoms with Gasteiger partial charge in [-0.2, -0.15) is 0 Å². The molecular formula is C18H31N5O6P+. The molecule has 2 aliphatic heterocycles. The normalized spacial score (nSPS) is 34.4. The zero-order chi connectivity index (χ0) is 22.0. The third-order valence-corrected chi connectivity index (χ3v) is 10.6. The molecule has 6 atom stereocenters. The summed E-state index contributed by atoms with van der Waals surface area (Å²) in [7, 11) is -2.77. The third kappa shape index (κ3) is 3.34. The van der Waals surface area contributed by atoms with Crippen molar-refractivity contribution in [3.63, 3.8) is 0 Å². The summed E-state index contributed by atoms with van der Waals surface area (Å²) in [4.78, 5) is 19.1. The number of anilines is 1. The fraction of sp³-hybridized carbons (Fsp3) is 0.722. The number of ether oxygens (including phenoxy) is 1. The summed E-state index contributed by atoms with van der Waals surface area (Å²) < 4.78 is 14.3. The fourth-order valence-electron chi connectivity index (χ4n) is 4.64. The van der Waals surface area contributed by atoms with Gasteiger partial charge in [0, 0.05) is 0 Å². The molecule has 168 valence electrons. The van der Waals surface area contributed by atoms with Crippen LogP contribution in [0.1, 0.15) is 46.8 Å². The zero-order valence-electron chi connectivity index (χ0n) is 17.5. The Morgan fingerprint density at radius 3 is 2.67 bits per heavy atom. The van der Waals surface area contributed by atoms with Gasteiger partial charge >= 0.3 is 174 Å². The van der Waals surface area contributed by atoms with Crippen LogP contribution in [0.4, 0.5) is 5.82 Å². The fourth-order valence-corrected chi connectivity index (χ4v) is 8.39. The number of imidazole rings is 1. The van der Waals surface area contributed by atoms with Crippen LogP contribution in [0.25, 0.3) is 11.2 Å². The first-order chi connectivity index (χ1) is 14.0. The molecule has 2 saturated heterocycles. The number of nitrogens with zero attached hydrogens (tertiary/aromatic N) is 4. The van der Waals surface area contributed by atoms with Gasteiger partial charge in [0.15, 0.2) is 0 Å². The Labute approximate surface area is 174 Å². The van der Waals surface area contributed by atoms with Crippen molar-refractivity contribution in [3.8, 4) is 0 Å². The van der Waals surface area contributed by atoms with E-state index in [1.807, 2.05) is 27.7 Å². The predicted molar refractivity (Wildman–Crippen MR) is 109 cm³/mol. The molecule has 12 heteroatoms. The van der Waals surface area contributed by atoms with Crippen LogP contribution in [-0.4, -0.2) is 70.1 Å². The third-order valence-electron chi connectivity index (χ3n) is 6.41. The van der Waals surface area contributed by atoms with E-state index < -0.39 is 37.9 Å². The van der Waals surface area contributed by atoms with Crippen molar-refractivity contribution >= 4 is 24.7 Å². The van der Waals surface area contributed by atoms with Crippen LogP contribution >= 0.6 is 7.72 Å². The van der Waals surface area contributed by atoms with E-state index in [1.54, 1.807) is 0 Å². The van der Waals surface area contributed by atoms with Gasteiger partial charge in [-0.15, -0.1) is 0 Å². The Hall–Kier alpha value is -1.62. The number of hydrogen-bond donors (Lipinski definition) is 5. The number of aliphatic hydroxyl groups is 2. The van der Waals surface area contributed by atoms with E-state index in [0.29, 0.717) is 16.8 Å². The van der Waals surface area contributed by atoms with Crippen molar-refractivity contribution in [2.24, 2.45) is 0 Å². The van der Waals surface area contributed by atoms with E-state index in [2.05, 4.69) is 9.97 Å². The average molecular weight is 444 g/mol. The van der Waals surface area contributed by atoms with Gasteiger partial charge in [-0.25, -0.2) is 0 Å². The molecule has 2 aliphatic rings. The molecule has 11 nitrogen and oxygen atoms in total. The van der Waals surface area contributed by atoms with E-state index in [1.165, 1.54) is 10.9 Å². The maximum atomic E-state index is 10.9. The molecule has 0 spiro atoms. The van der Waals surface area contributed by atoms with Gasteiger partial charge in [0.25, 0.3) is 0 Å². The van der Waals surface area contributed by atoms with Gasteiger partial charge in [0.2, 0.25) is 0 Å². The molecule has 2 fully saturated rings.